The van der Waals surface area contributed by atoms with Crippen molar-refractivity contribution >= 4 is 5.91 Å². The molecule has 25 heavy (non-hydrogen) atoms. The minimum atomic E-state index is -0.0852. The molecule has 1 saturated carbocycles. The zero-order valence-electron chi connectivity index (χ0n) is 15.9. The smallest absolute Gasteiger partial charge is 0.237 e. The molecule has 0 aromatic heterocycles. The Hall–Kier alpha value is -1.55. The topological polar surface area (TPSA) is 41.6 Å². The van der Waals surface area contributed by atoms with Gasteiger partial charge in [0.2, 0.25) is 5.91 Å². The highest BCUT2D eigenvalue weighted by atomic mass is 16.5. The van der Waals surface area contributed by atoms with E-state index in [4.69, 9.17) is 4.74 Å². The number of nitrogens with one attached hydrogen (secondary N) is 1. The summed E-state index contributed by atoms with van der Waals surface area (Å²) >= 11 is 0. The Morgan fingerprint density at radius 2 is 2.12 bits per heavy atom. The Morgan fingerprint density at radius 1 is 1.32 bits per heavy atom. The van der Waals surface area contributed by atoms with Gasteiger partial charge in [-0.15, -0.1) is 0 Å². The van der Waals surface area contributed by atoms with E-state index in [0.29, 0.717) is 18.6 Å². The maximum Gasteiger partial charge on any atom is 0.237 e. The molecule has 1 heterocycles. The molecule has 1 fully saturated rings. The number of nitrogens with zero attached hydrogens (tertiary/aromatic N) is 1. The van der Waals surface area contributed by atoms with Crippen LogP contribution < -0.4 is 10.1 Å². The van der Waals surface area contributed by atoms with Crippen molar-refractivity contribution in [3.63, 3.8) is 0 Å². The molecule has 0 radical (unpaired) electrons. The molecule has 0 spiro atoms. The number of ether oxygens (including phenoxy) is 1. The van der Waals surface area contributed by atoms with Gasteiger partial charge in [0.1, 0.15) is 5.75 Å². The largest absolute Gasteiger partial charge is 0.494 e. The van der Waals surface area contributed by atoms with Crippen LogP contribution in [-0.4, -0.2) is 36.0 Å². The first kappa shape index (κ1) is 18.2. The van der Waals surface area contributed by atoms with Gasteiger partial charge in [0.05, 0.1) is 12.6 Å². The van der Waals surface area contributed by atoms with Crippen LogP contribution >= 0.6 is 0 Å². The first-order chi connectivity index (χ1) is 12.1. The van der Waals surface area contributed by atoms with E-state index < -0.39 is 0 Å². The van der Waals surface area contributed by atoms with Crippen LogP contribution in [0.2, 0.25) is 0 Å². The second kappa shape index (κ2) is 8.22. The molecule has 1 amide bonds. The Kier molecular flexibility index (Phi) is 6.00. The zero-order valence-corrected chi connectivity index (χ0v) is 15.9. The highest BCUT2D eigenvalue weighted by Crippen LogP contribution is 2.26. The molecule has 1 aromatic rings. The van der Waals surface area contributed by atoms with Crippen molar-refractivity contribution in [1.82, 2.24) is 10.2 Å². The highest BCUT2D eigenvalue weighted by Gasteiger charge is 2.29. The maximum atomic E-state index is 12.8. The predicted octanol–water partition coefficient (Wildman–Crippen LogP) is 3.53. The lowest BCUT2D eigenvalue weighted by Crippen LogP contribution is -2.51. The van der Waals surface area contributed by atoms with Crippen LogP contribution in [0, 0.1) is 5.92 Å². The average molecular weight is 344 g/mol. The number of carbonyl (C=O) groups excluding carboxylic acids is 1. The number of fused-ring (bicyclic) bond motifs is 1. The molecular weight excluding hydrogens is 312 g/mol. The summed E-state index contributed by atoms with van der Waals surface area (Å²) in [6, 6.07) is 6.63. The molecule has 138 valence electrons. The Bertz CT molecular complexity index is 602. The van der Waals surface area contributed by atoms with E-state index in [1.54, 1.807) is 0 Å². The van der Waals surface area contributed by atoms with Gasteiger partial charge in [0.25, 0.3) is 0 Å². The van der Waals surface area contributed by atoms with Gasteiger partial charge in [-0.25, -0.2) is 0 Å². The highest BCUT2D eigenvalue weighted by molar-refractivity contribution is 5.81. The summed E-state index contributed by atoms with van der Waals surface area (Å²) in [6.45, 7) is 8.76. The van der Waals surface area contributed by atoms with Crippen LogP contribution in [0.3, 0.4) is 0 Å². The van der Waals surface area contributed by atoms with Gasteiger partial charge in [-0.1, -0.05) is 25.8 Å². The number of amides is 1. The minimum absolute atomic E-state index is 0.0852. The summed E-state index contributed by atoms with van der Waals surface area (Å²) in [7, 11) is 0. The van der Waals surface area contributed by atoms with Gasteiger partial charge >= 0.3 is 0 Å². The van der Waals surface area contributed by atoms with Crippen molar-refractivity contribution in [1.29, 1.82) is 0 Å². The Morgan fingerprint density at radius 3 is 2.88 bits per heavy atom. The van der Waals surface area contributed by atoms with Gasteiger partial charge in [0.15, 0.2) is 0 Å². The van der Waals surface area contributed by atoms with E-state index in [1.165, 1.54) is 30.4 Å². The maximum absolute atomic E-state index is 12.8. The van der Waals surface area contributed by atoms with Gasteiger partial charge in [-0.3, -0.25) is 9.69 Å². The summed E-state index contributed by atoms with van der Waals surface area (Å²) in [4.78, 5) is 15.1. The summed E-state index contributed by atoms with van der Waals surface area (Å²) in [5.74, 6) is 1.71. The van der Waals surface area contributed by atoms with Gasteiger partial charge in [0, 0.05) is 19.1 Å². The van der Waals surface area contributed by atoms with E-state index in [-0.39, 0.29) is 11.9 Å². The molecule has 2 aliphatic rings. The molecule has 4 heteroatoms. The van der Waals surface area contributed by atoms with Gasteiger partial charge in [-0.2, -0.15) is 0 Å². The molecule has 0 bridgehead atoms. The zero-order chi connectivity index (χ0) is 17.8. The van der Waals surface area contributed by atoms with Crippen molar-refractivity contribution in [3.05, 3.63) is 29.3 Å². The lowest BCUT2D eigenvalue weighted by Gasteiger charge is -2.35. The van der Waals surface area contributed by atoms with Crippen molar-refractivity contribution < 1.29 is 9.53 Å². The molecule has 4 nitrogen and oxygen atoms in total. The number of rotatable bonds is 5. The first-order valence-corrected chi connectivity index (χ1v) is 9.87. The van der Waals surface area contributed by atoms with Crippen LogP contribution in [0.15, 0.2) is 18.2 Å². The van der Waals surface area contributed by atoms with Crippen molar-refractivity contribution in [2.75, 3.05) is 13.2 Å². The monoisotopic (exact) mass is 344 g/mol. The van der Waals surface area contributed by atoms with E-state index in [1.807, 2.05) is 13.8 Å². The molecule has 1 aliphatic heterocycles. The normalized spacial score (nSPS) is 25.1. The van der Waals surface area contributed by atoms with E-state index in [2.05, 4.69) is 35.3 Å². The summed E-state index contributed by atoms with van der Waals surface area (Å²) in [6.07, 6.45) is 5.89. The van der Waals surface area contributed by atoms with Crippen LogP contribution in [0.1, 0.15) is 57.6 Å². The molecule has 1 aromatic carbocycles. The second-order valence-electron chi connectivity index (χ2n) is 7.64. The fraction of sp³-hybridized carbons (Fsp3) is 0.667. The third-order valence-electron chi connectivity index (χ3n) is 5.90. The van der Waals surface area contributed by atoms with Crippen molar-refractivity contribution in [2.45, 2.75) is 71.5 Å². The Labute approximate surface area is 151 Å². The van der Waals surface area contributed by atoms with Crippen LogP contribution in [-0.2, 0) is 17.8 Å². The lowest BCUT2D eigenvalue weighted by molar-refractivity contribution is -0.127. The molecule has 1 N–H and O–H groups in total. The van der Waals surface area contributed by atoms with Crippen LogP contribution in [0.5, 0.6) is 5.75 Å². The standard InChI is InChI=1S/C21H32N2O2/c1-4-25-19-10-9-17-11-12-23(14-18(17)13-19)16(3)21(24)22-20-8-6-5-7-15(20)2/h9-10,13,15-16,20H,4-8,11-12,14H2,1-3H3,(H,22,24)/t15-,16-,20-/m1/s1. The fourth-order valence-electron chi connectivity index (χ4n) is 4.14. The fourth-order valence-corrected chi connectivity index (χ4v) is 4.14. The first-order valence-electron chi connectivity index (χ1n) is 9.87. The Balaban J connectivity index is 1.62. The number of carbonyl (C=O) groups is 1. The van der Waals surface area contributed by atoms with Crippen molar-refractivity contribution in [3.8, 4) is 5.75 Å². The van der Waals surface area contributed by atoms with Crippen LogP contribution in [0.25, 0.3) is 0 Å². The lowest BCUT2D eigenvalue weighted by atomic mass is 9.86. The summed E-state index contributed by atoms with van der Waals surface area (Å²) in [5.41, 5.74) is 2.68. The van der Waals surface area contributed by atoms with Gasteiger partial charge in [-0.05, 0) is 62.3 Å². The van der Waals surface area contributed by atoms with Crippen LogP contribution in [0.4, 0.5) is 0 Å². The number of benzene rings is 1. The van der Waals surface area contributed by atoms with E-state index in [0.717, 1.165) is 31.7 Å². The quantitative estimate of drug-likeness (QED) is 0.888. The van der Waals surface area contributed by atoms with Gasteiger partial charge < -0.3 is 10.1 Å². The number of hydrogen-bond donors (Lipinski definition) is 1. The third-order valence-corrected chi connectivity index (χ3v) is 5.90. The second-order valence-corrected chi connectivity index (χ2v) is 7.64. The summed E-state index contributed by atoms with van der Waals surface area (Å²) < 4.78 is 5.63. The molecule has 1 aliphatic carbocycles. The molecule has 0 saturated heterocycles. The molecule has 3 atom stereocenters. The third kappa shape index (κ3) is 4.35. The summed E-state index contributed by atoms with van der Waals surface area (Å²) in [5, 5.41) is 3.32. The SMILES string of the molecule is CCOc1ccc2c(c1)CN([C@H](C)C(=O)N[C@@H]1CCCC[C@H]1C)CC2. The average Bonchev–Trinajstić information content (AvgIpc) is 2.62. The van der Waals surface area contributed by atoms with E-state index >= 15 is 0 Å². The molecule has 3 rings (SSSR count). The molecule has 0 unspecified atom stereocenters. The van der Waals surface area contributed by atoms with E-state index in [9.17, 15) is 4.79 Å². The predicted molar refractivity (Wildman–Crippen MR) is 101 cm³/mol. The molecular formula is C21H32N2O2. The van der Waals surface area contributed by atoms with Crippen molar-refractivity contribution in [2.24, 2.45) is 5.92 Å². The number of hydrogen-bond acceptors (Lipinski definition) is 3. The minimum Gasteiger partial charge on any atom is -0.494 e.